The first-order chi connectivity index (χ1) is 10.1. The molecule has 2 aromatic heterocycles. The topological polar surface area (TPSA) is 75.6 Å². The number of carbonyl (C=O) groups excluding carboxylic acids is 1. The summed E-state index contributed by atoms with van der Waals surface area (Å²) in [4.78, 5) is 16.0. The lowest BCUT2D eigenvalue weighted by molar-refractivity contribution is -0.121. The van der Waals surface area contributed by atoms with E-state index < -0.39 is 0 Å². The number of amides is 1. The summed E-state index contributed by atoms with van der Waals surface area (Å²) in [6, 6.07) is 0. The molecular weight excluding hydrogens is 266 g/mol. The van der Waals surface area contributed by atoms with Crippen molar-refractivity contribution in [1.29, 1.82) is 0 Å². The lowest BCUT2D eigenvalue weighted by Crippen LogP contribution is -2.24. The van der Waals surface area contributed by atoms with Crippen LogP contribution < -0.4 is 5.32 Å². The van der Waals surface area contributed by atoms with Crippen LogP contribution in [0.4, 0.5) is 0 Å². The zero-order chi connectivity index (χ0) is 15.1. The second kappa shape index (κ2) is 7.61. The van der Waals surface area contributed by atoms with E-state index in [0.717, 1.165) is 30.6 Å². The molecule has 6 nitrogen and oxygen atoms in total. The zero-order valence-corrected chi connectivity index (χ0v) is 12.7. The molecule has 0 aromatic carbocycles. The molecular formula is C15H23N5O. The first kappa shape index (κ1) is 15.3. The summed E-state index contributed by atoms with van der Waals surface area (Å²) in [7, 11) is 0. The molecule has 0 aliphatic rings. The molecule has 0 spiro atoms. The van der Waals surface area contributed by atoms with Gasteiger partial charge in [-0.15, -0.1) is 0 Å². The van der Waals surface area contributed by atoms with Gasteiger partial charge < -0.3 is 9.88 Å². The number of nitrogens with one attached hydrogen (secondary N) is 2. The van der Waals surface area contributed by atoms with Crippen molar-refractivity contribution in [1.82, 2.24) is 25.1 Å². The van der Waals surface area contributed by atoms with E-state index in [1.807, 2.05) is 18.7 Å². The number of nitrogens with zero attached hydrogens (tertiary/aromatic N) is 3. The average molecular weight is 289 g/mol. The fourth-order valence-corrected chi connectivity index (χ4v) is 2.20. The summed E-state index contributed by atoms with van der Waals surface area (Å²) in [5.74, 6) is 0.638. The van der Waals surface area contributed by atoms with Crippen LogP contribution in [0.1, 0.15) is 37.9 Å². The van der Waals surface area contributed by atoms with Crippen molar-refractivity contribution in [2.45, 2.75) is 46.2 Å². The van der Waals surface area contributed by atoms with Gasteiger partial charge in [-0.2, -0.15) is 5.10 Å². The van der Waals surface area contributed by atoms with Gasteiger partial charge in [0, 0.05) is 25.4 Å². The predicted octanol–water partition coefficient (Wildman–Crippen LogP) is 1.90. The van der Waals surface area contributed by atoms with Gasteiger partial charge in [-0.05, 0) is 24.3 Å². The minimum atomic E-state index is 0.0794. The van der Waals surface area contributed by atoms with Crippen LogP contribution in [0.3, 0.4) is 0 Å². The molecule has 0 fully saturated rings. The lowest BCUT2D eigenvalue weighted by atomic mass is 10.1. The van der Waals surface area contributed by atoms with Crippen LogP contribution in [0.25, 0.3) is 0 Å². The molecule has 0 radical (unpaired) electrons. The van der Waals surface area contributed by atoms with Crippen LogP contribution in [0.15, 0.2) is 24.9 Å². The molecule has 114 valence electrons. The zero-order valence-electron chi connectivity index (χ0n) is 12.7. The molecule has 2 heterocycles. The van der Waals surface area contributed by atoms with E-state index >= 15 is 0 Å². The van der Waals surface area contributed by atoms with Gasteiger partial charge in [-0.25, -0.2) is 4.98 Å². The molecule has 0 unspecified atom stereocenters. The highest BCUT2D eigenvalue weighted by Gasteiger charge is 2.06. The SMILES string of the molecule is CC(C)Cn1cncc1CNC(=O)CCCc1cn[nH]c1. The molecule has 2 rings (SSSR count). The van der Waals surface area contributed by atoms with Crippen molar-refractivity contribution < 1.29 is 4.79 Å². The fraction of sp³-hybridized carbons (Fsp3) is 0.533. The second-order valence-corrected chi connectivity index (χ2v) is 5.67. The largest absolute Gasteiger partial charge is 0.350 e. The Morgan fingerprint density at radius 1 is 1.43 bits per heavy atom. The summed E-state index contributed by atoms with van der Waals surface area (Å²) >= 11 is 0. The number of hydrogen-bond acceptors (Lipinski definition) is 3. The van der Waals surface area contributed by atoms with E-state index in [1.54, 1.807) is 6.20 Å². The maximum atomic E-state index is 11.8. The van der Waals surface area contributed by atoms with Crippen molar-refractivity contribution in [3.8, 4) is 0 Å². The number of aromatic nitrogens is 4. The van der Waals surface area contributed by atoms with Gasteiger partial charge in [0.25, 0.3) is 0 Å². The normalized spacial score (nSPS) is 11.0. The molecule has 0 aliphatic carbocycles. The molecule has 1 amide bonds. The molecule has 21 heavy (non-hydrogen) atoms. The first-order valence-electron chi connectivity index (χ1n) is 7.38. The Bertz CT molecular complexity index is 544. The Labute approximate surface area is 125 Å². The number of carbonyl (C=O) groups is 1. The van der Waals surface area contributed by atoms with Crippen LogP contribution in [0.2, 0.25) is 0 Å². The third kappa shape index (κ3) is 5.06. The maximum Gasteiger partial charge on any atom is 0.220 e. The second-order valence-electron chi connectivity index (χ2n) is 5.67. The van der Waals surface area contributed by atoms with E-state index in [-0.39, 0.29) is 5.91 Å². The van der Waals surface area contributed by atoms with E-state index in [0.29, 0.717) is 18.9 Å². The summed E-state index contributed by atoms with van der Waals surface area (Å²) in [6.07, 6.45) is 9.52. The number of rotatable bonds is 8. The van der Waals surface area contributed by atoms with E-state index in [2.05, 4.69) is 38.9 Å². The summed E-state index contributed by atoms with van der Waals surface area (Å²) < 4.78 is 2.09. The van der Waals surface area contributed by atoms with Crippen LogP contribution in [-0.4, -0.2) is 25.7 Å². The van der Waals surface area contributed by atoms with Crippen LogP contribution in [-0.2, 0) is 24.3 Å². The van der Waals surface area contributed by atoms with Crippen molar-refractivity contribution in [3.05, 3.63) is 36.2 Å². The summed E-state index contributed by atoms with van der Waals surface area (Å²) in [5.41, 5.74) is 2.18. The smallest absolute Gasteiger partial charge is 0.220 e. The van der Waals surface area contributed by atoms with Crippen molar-refractivity contribution in [2.75, 3.05) is 0 Å². The Morgan fingerprint density at radius 3 is 3.00 bits per heavy atom. The minimum Gasteiger partial charge on any atom is -0.350 e. The number of H-pyrrole nitrogens is 1. The molecule has 2 aromatic rings. The van der Waals surface area contributed by atoms with Crippen LogP contribution >= 0.6 is 0 Å². The molecule has 6 heteroatoms. The minimum absolute atomic E-state index is 0.0794. The van der Waals surface area contributed by atoms with E-state index in [4.69, 9.17) is 0 Å². The van der Waals surface area contributed by atoms with Gasteiger partial charge in [-0.3, -0.25) is 9.89 Å². The van der Waals surface area contributed by atoms with Gasteiger partial charge in [0.1, 0.15) is 0 Å². The Morgan fingerprint density at radius 2 is 2.29 bits per heavy atom. The monoisotopic (exact) mass is 289 g/mol. The van der Waals surface area contributed by atoms with Gasteiger partial charge in [-0.1, -0.05) is 13.8 Å². The quantitative estimate of drug-likeness (QED) is 0.779. The Kier molecular flexibility index (Phi) is 5.54. The number of aryl methyl sites for hydroxylation is 1. The summed E-state index contributed by atoms with van der Waals surface area (Å²) in [6.45, 7) is 5.79. The standard InChI is InChI=1S/C15H23N5O/c1-12(2)10-20-11-16-8-14(20)9-17-15(21)5-3-4-13-6-18-19-7-13/h6-8,11-12H,3-5,9-10H2,1-2H3,(H,17,21)(H,18,19). The fourth-order valence-electron chi connectivity index (χ4n) is 2.20. The molecule has 0 bridgehead atoms. The average Bonchev–Trinajstić information content (AvgIpc) is 3.07. The van der Waals surface area contributed by atoms with E-state index in [1.165, 1.54) is 0 Å². The molecule has 0 aliphatic heterocycles. The van der Waals surface area contributed by atoms with Gasteiger partial charge in [0.05, 0.1) is 24.8 Å². The highest BCUT2D eigenvalue weighted by Crippen LogP contribution is 2.05. The number of aromatic amines is 1. The Balaban J connectivity index is 1.70. The van der Waals surface area contributed by atoms with Gasteiger partial charge >= 0.3 is 0 Å². The van der Waals surface area contributed by atoms with Crippen LogP contribution in [0, 0.1) is 5.92 Å². The third-order valence-corrected chi connectivity index (χ3v) is 3.25. The van der Waals surface area contributed by atoms with Gasteiger partial charge in [0.2, 0.25) is 5.91 Å². The van der Waals surface area contributed by atoms with Gasteiger partial charge in [0.15, 0.2) is 0 Å². The third-order valence-electron chi connectivity index (χ3n) is 3.25. The molecule has 0 atom stereocenters. The molecule has 0 saturated heterocycles. The first-order valence-corrected chi connectivity index (χ1v) is 7.38. The molecule has 2 N–H and O–H groups in total. The van der Waals surface area contributed by atoms with Crippen molar-refractivity contribution >= 4 is 5.91 Å². The summed E-state index contributed by atoms with van der Waals surface area (Å²) in [5, 5.41) is 9.62. The Hall–Kier alpha value is -2.11. The predicted molar refractivity (Wildman–Crippen MR) is 80.4 cm³/mol. The van der Waals surface area contributed by atoms with Crippen molar-refractivity contribution in [3.63, 3.8) is 0 Å². The number of imidazole rings is 1. The lowest BCUT2D eigenvalue weighted by Gasteiger charge is -2.11. The highest BCUT2D eigenvalue weighted by molar-refractivity contribution is 5.75. The molecule has 0 saturated carbocycles. The number of hydrogen-bond donors (Lipinski definition) is 2. The van der Waals surface area contributed by atoms with Crippen LogP contribution in [0.5, 0.6) is 0 Å². The van der Waals surface area contributed by atoms with Crippen molar-refractivity contribution in [2.24, 2.45) is 5.92 Å². The maximum absolute atomic E-state index is 11.8. The van der Waals surface area contributed by atoms with E-state index in [9.17, 15) is 4.79 Å². The highest BCUT2D eigenvalue weighted by atomic mass is 16.1.